The number of carbonyl (C=O) groups is 1. The summed E-state index contributed by atoms with van der Waals surface area (Å²) in [6.07, 6.45) is 0. The molecule has 0 aliphatic heterocycles. The van der Waals surface area contributed by atoms with Crippen molar-refractivity contribution in [3.05, 3.63) is 29.3 Å². The van der Waals surface area contributed by atoms with Gasteiger partial charge in [0.1, 0.15) is 5.75 Å². The first-order valence-electron chi connectivity index (χ1n) is 3.38. The Morgan fingerprint density at radius 2 is 2.17 bits per heavy atom. The number of amides is 1. The van der Waals surface area contributed by atoms with Crippen LogP contribution in [-0.4, -0.2) is 16.1 Å². The van der Waals surface area contributed by atoms with Gasteiger partial charge in [0, 0.05) is 11.1 Å². The average Bonchev–Trinajstić information content (AvgIpc) is 2.03. The van der Waals surface area contributed by atoms with Gasteiger partial charge in [0.2, 0.25) is 5.91 Å². The first kappa shape index (κ1) is 8.55. The summed E-state index contributed by atoms with van der Waals surface area (Å²) in [4.78, 5) is 10.7. The van der Waals surface area contributed by atoms with E-state index in [1.54, 1.807) is 0 Å². The van der Waals surface area contributed by atoms with Gasteiger partial charge in [-0.25, -0.2) is 0 Å². The van der Waals surface area contributed by atoms with E-state index in [9.17, 15) is 9.90 Å². The zero-order valence-corrected chi connectivity index (χ0v) is 6.32. The van der Waals surface area contributed by atoms with E-state index in [0.717, 1.165) is 0 Å². The lowest BCUT2D eigenvalue weighted by molar-refractivity contribution is 0.0996. The van der Waals surface area contributed by atoms with E-state index in [0.29, 0.717) is 0 Å². The van der Waals surface area contributed by atoms with Crippen LogP contribution in [0.2, 0.25) is 0 Å². The largest absolute Gasteiger partial charge is 0.508 e. The number of nitrogens with two attached hydrogens (primary N) is 1. The van der Waals surface area contributed by atoms with E-state index in [-0.39, 0.29) is 16.9 Å². The summed E-state index contributed by atoms with van der Waals surface area (Å²) in [7, 11) is 0. The number of primary amides is 1. The van der Waals surface area contributed by atoms with Crippen molar-refractivity contribution in [2.75, 3.05) is 0 Å². The van der Waals surface area contributed by atoms with E-state index in [4.69, 9.17) is 10.8 Å². The number of hydrogen-bond donors (Lipinski definition) is 3. The highest BCUT2D eigenvalue weighted by Crippen LogP contribution is 2.20. The molecule has 12 heavy (non-hydrogen) atoms. The summed E-state index contributed by atoms with van der Waals surface area (Å²) in [6.45, 7) is -0.398. The molecule has 0 spiro atoms. The molecule has 0 atom stereocenters. The highest BCUT2D eigenvalue weighted by molar-refractivity contribution is 5.94. The fourth-order valence-electron chi connectivity index (χ4n) is 0.972. The van der Waals surface area contributed by atoms with Crippen molar-refractivity contribution in [2.24, 2.45) is 5.73 Å². The van der Waals surface area contributed by atoms with E-state index >= 15 is 0 Å². The molecule has 0 unspecified atom stereocenters. The topological polar surface area (TPSA) is 83.6 Å². The highest BCUT2D eigenvalue weighted by atomic mass is 16.3. The Labute approximate surface area is 69.3 Å². The zero-order chi connectivity index (χ0) is 9.14. The van der Waals surface area contributed by atoms with Crippen molar-refractivity contribution in [3.8, 4) is 5.75 Å². The van der Waals surface area contributed by atoms with Gasteiger partial charge >= 0.3 is 0 Å². The van der Waals surface area contributed by atoms with Crippen molar-refractivity contribution in [1.82, 2.24) is 0 Å². The van der Waals surface area contributed by atoms with Crippen molar-refractivity contribution in [2.45, 2.75) is 6.61 Å². The van der Waals surface area contributed by atoms with Crippen LogP contribution in [0.3, 0.4) is 0 Å². The molecule has 0 aromatic heterocycles. The fraction of sp³-hybridized carbons (Fsp3) is 0.125. The van der Waals surface area contributed by atoms with E-state index < -0.39 is 12.5 Å². The second-order valence-corrected chi connectivity index (χ2v) is 2.33. The van der Waals surface area contributed by atoms with Crippen molar-refractivity contribution in [1.29, 1.82) is 0 Å². The van der Waals surface area contributed by atoms with Crippen molar-refractivity contribution >= 4 is 5.91 Å². The van der Waals surface area contributed by atoms with Crippen LogP contribution in [0.5, 0.6) is 5.75 Å². The third-order valence-corrected chi connectivity index (χ3v) is 1.57. The van der Waals surface area contributed by atoms with Gasteiger partial charge in [-0.1, -0.05) is 6.07 Å². The highest BCUT2D eigenvalue weighted by Gasteiger charge is 2.09. The summed E-state index contributed by atoms with van der Waals surface area (Å²) >= 11 is 0. The lowest BCUT2D eigenvalue weighted by Gasteiger charge is -2.04. The van der Waals surface area contributed by atoms with E-state index in [2.05, 4.69) is 0 Å². The molecule has 0 bridgehead atoms. The zero-order valence-electron chi connectivity index (χ0n) is 6.32. The van der Waals surface area contributed by atoms with Gasteiger partial charge in [-0.2, -0.15) is 0 Å². The summed E-state index contributed by atoms with van der Waals surface area (Å²) in [6, 6.07) is 4.33. The normalized spacial score (nSPS) is 9.75. The Hall–Kier alpha value is -1.55. The molecule has 4 N–H and O–H groups in total. The van der Waals surface area contributed by atoms with Gasteiger partial charge in [0.05, 0.1) is 6.61 Å². The van der Waals surface area contributed by atoms with Crippen LogP contribution in [0.1, 0.15) is 15.9 Å². The average molecular weight is 167 g/mol. The van der Waals surface area contributed by atoms with Crippen LogP contribution >= 0.6 is 0 Å². The van der Waals surface area contributed by atoms with Crippen LogP contribution < -0.4 is 5.73 Å². The second kappa shape index (κ2) is 3.23. The minimum Gasteiger partial charge on any atom is -0.508 e. The molecular weight excluding hydrogens is 158 g/mol. The van der Waals surface area contributed by atoms with Crippen LogP contribution in [-0.2, 0) is 6.61 Å². The molecule has 1 aromatic rings. The second-order valence-electron chi connectivity index (χ2n) is 2.33. The predicted molar refractivity (Wildman–Crippen MR) is 42.5 cm³/mol. The number of aromatic hydroxyl groups is 1. The number of aliphatic hydroxyl groups is 1. The third kappa shape index (κ3) is 1.38. The summed E-state index contributed by atoms with van der Waals surface area (Å²) in [5.41, 5.74) is 5.32. The number of rotatable bonds is 2. The fourth-order valence-corrected chi connectivity index (χ4v) is 0.972. The van der Waals surface area contributed by atoms with Gasteiger partial charge in [0.25, 0.3) is 0 Å². The first-order chi connectivity index (χ1) is 5.66. The minimum atomic E-state index is -0.657. The quantitative estimate of drug-likeness (QED) is 0.579. The molecule has 0 saturated carbocycles. The number of phenols is 1. The molecule has 1 amide bonds. The maximum Gasteiger partial charge on any atom is 0.249 e. The lowest BCUT2D eigenvalue weighted by atomic mass is 10.1. The van der Waals surface area contributed by atoms with Crippen molar-refractivity contribution in [3.63, 3.8) is 0 Å². The van der Waals surface area contributed by atoms with Gasteiger partial charge in [-0.05, 0) is 12.1 Å². The molecule has 0 fully saturated rings. The Bertz CT molecular complexity index is 309. The third-order valence-electron chi connectivity index (χ3n) is 1.57. The first-order valence-corrected chi connectivity index (χ1v) is 3.38. The molecule has 1 rings (SSSR count). The van der Waals surface area contributed by atoms with Gasteiger partial charge in [-0.15, -0.1) is 0 Å². The lowest BCUT2D eigenvalue weighted by Crippen LogP contribution is -2.13. The summed E-state index contributed by atoms with van der Waals surface area (Å²) < 4.78 is 0. The SMILES string of the molecule is NC(=O)c1cccc(O)c1CO. The van der Waals surface area contributed by atoms with Crippen LogP contribution in [0.25, 0.3) is 0 Å². The molecule has 0 saturated heterocycles. The molecule has 0 radical (unpaired) electrons. The van der Waals surface area contributed by atoms with Crippen LogP contribution in [0.15, 0.2) is 18.2 Å². The summed E-state index contributed by atoms with van der Waals surface area (Å²) in [5, 5.41) is 18.0. The monoisotopic (exact) mass is 167 g/mol. The van der Waals surface area contributed by atoms with E-state index in [1.807, 2.05) is 0 Å². The predicted octanol–water partition coefficient (Wildman–Crippen LogP) is -0.0166. The van der Waals surface area contributed by atoms with Crippen molar-refractivity contribution < 1.29 is 15.0 Å². The molecule has 0 aliphatic carbocycles. The Balaban J connectivity index is 3.27. The Morgan fingerprint density at radius 1 is 1.50 bits per heavy atom. The number of carbonyl (C=O) groups excluding carboxylic acids is 1. The standard InChI is InChI=1S/C8H9NO3/c9-8(12)5-2-1-3-7(11)6(5)4-10/h1-3,10-11H,4H2,(H2,9,12). The van der Waals surface area contributed by atoms with Gasteiger partial charge in [-0.3, -0.25) is 4.79 Å². The number of benzene rings is 1. The molecule has 4 heteroatoms. The van der Waals surface area contributed by atoms with Crippen LogP contribution in [0.4, 0.5) is 0 Å². The Morgan fingerprint density at radius 3 is 2.58 bits per heavy atom. The Kier molecular flexibility index (Phi) is 2.30. The van der Waals surface area contributed by atoms with Gasteiger partial charge in [0.15, 0.2) is 0 Å². The van der Waals surface area contributed by atoms with E-state index in [1.165, 1.54) is 18.2 Å². The summed E-state index contributed by atoms with van der Waals surface area (Å²) in [5.74, 6) is -0.774. The molecule has 0 aliphatic rings. The molecule has 4 nitrogen and oxygen atoms in total. The smallest absolute Gasteiger partial charge is 0.249 e. The number of hydrogen-bond acceptors (Lipinski definition) is 3. The van der Waals surface area contributed by atoms with Gasteiger partial charge < -0.3 is 15.9 Å². The number of aliphatic hydroxyl groups excluding tert-OH is 1. The molecule has 1 aromatic carbocycles. The maximum atomic E-state index is 10.7. The minimum absolute atomic E-state index is 0.117. The molecular formula is C8H9NO3. The maximum absolute atomic E-state index is 10.7. The molecule has 64 valence electrons. The molecule has 0 heterocycles. The van der Waals surface area contributed by atoms with Crippen LogP contribution in [0, 0.1) is 0 Å².